The number of fused-ring (bicyclic) bond motifs is 2. The summed E-state index contributed by atoms with van der Waals surface area (Å²) in [4.78, 5) is 0. The van der Waals surface area contributed by atoms with Crippen LogP contribution >= 0.6 is 0 Å². The van der Waals surface area contributed by atoms with Gasteiger partial charge in [-0.15, -0.1) is 0 Å². The average molecular weight is 376 g/mol. The molecule has 0 aliphatic carbocycles. The van der Waals surface area contributed by atoms with Gasteiger partial charge in [-0.3, -0.25) is 0 Å². The highest BCUT2D eigenvalue weighted by atomic mass is 16.5. The van der Waals surface area contributed by atoms with Gasteiger partial charge in [0, 0.05) is 10.8 Å². The molecular weight excluding hydrogens is 356 g/mol. The summed E-state index contributed by atoms with van der Waals surface area (Å²) in [6.07, 6.45) is 0. The van der Waals surface area contributed by atoms with Gasteiger partial charge in [0.05, 0.1) is 0 Å². The lowest BCUT2D eigenvalue weighted by Crippen LogP contribution is -1.94. The molecule has 0 heterocycles. The van der Waals surface area contributed by atoms with E-state index in [9.17, 15) is 0 Å². The summed E-state index contributed by atoms with van der Waals surface area (Å²) >= 11 is 0. The smallest absolute Gasteiger partial charge is 0.172 e. The van der Waals surface area contributed by atoms with Crippen molar-refractivity contribution in [3.8, 4) is 23.0 Å². The Morgan fingerprint density at radius 3 is 1.59 bits per heavy atom. The quantitative estimate of drug-likeness (QED) is 0.317. The minimum atomic E-state index is 0.703. The lowest BCUT2D eigenvalue weighted by Gasteiger charge is -2.16. The lowest BCUT2D eigenvalue weighted by atomic mass is 10.1. The predicted octanol–water partition coefficient (Wildman–Crippen LogP) is 7.89. The van der Waals surface area contributed by atoms with Crippen LogP contribution in [0.5, 0.6) is 23.0 Å². The standard InChI is InChI=1S/C27H20O2/c1-19-9-6-18-26(28-24-16-7-12-20-10-2-4-14-22(20)24)27(19)29-25-17-8-13-21-11-3-5-15-23(21)25/h2-18H,1H3. The molecular formula is C27H20O2. The molecule has 0 fully saturated rings. The first-order valence-electron chi connectivity index (χ1n) is 9.70. The van der Waals surface area contributed by atoms with Gasteiger partial charge in [-0.1, -0.05) is 84.9 Å². The largest absolute Gasteiger partial charge is 0.453 e. The maximum Gasteiger partial charge on any atom is 0.172 e. The molecule has 0 radical (unpaired) electrons. The van der Waals surface area contributed by atoms with Gasteiger partial charge in [0.25, 0.3) is 0 Å². The maximum atomic E-state index is 6.41. The van der Waals surface area contributed by atoms with Crippen LogP contribution in [0.4, 0.5) is 0 Å². The van der Waals surface area contributed by atoms with Crippen LogP contribution in [-0.4, -0.2) is 0 Å². The molecule has 5 rings (SSSR count). The molecule has 2 heteroatoms. The molecule has 0 bridgehead atoms. The second-order valence-corrected chi connectivity index (χ2v) is 7.06. The fourth-order valence-corrected chi connectivity index (χ4v) is 3.63. The van der Waals surface area contributed by atoms with Crippen molar-refractivity contribution >= 4 is 21.5 Å². The summed E-state index contributed by atoms with van der Waals surface area (Å²) in [5.74, 6) is 3.07. The lowest BCUT2D eigenvalue weighted by molar-refractivity contribution is 0.421. The SMILES string of the molecule is Cc1cccc(Oc2cccc3ccccc23)c1Oc1cccc2ccccc12. The summed E-state index contributed by atoms with van der Waals surface area (Å²) < 4.78 is 12.8. The number of hydrogen-bond donors (Lipinski definition) is 0. The fraction of sp³-hybridized carbons (Fsp3) is 0.0370. The molecule has 0 aliphatic heterocycles. The van der Waals surface area contributed by atoms with E-state index in [2.05, 4.69) is 36.4 Å². The van der Waals surface area contributed by atoms with E-state index in [1.54, 1.807) is 0 Å². The Labute approximate surface area is 170 Å². The highest BCUT2D eigenvalue weighted by Crippen LogP contribution is 2.40. The third-order valence-corrected chi connectivity index (χ3v) is 5.11. The number of para-hydroxylation sites is 1. The Kier molecular flexibility index (Phi) is 4.38. The van der Waals surface area contributed by atoms with E-state index in [4.69, 9.17) is 9.47 Å². The number of ether oxygens (including phenoxy) is 2. The molecule has 5 aromatic carbocycles. The van der Waals surface area contributed by atoms with Crippen molar-refractivity contribution in [2.75, 3.05) is 0 Å². The van der Waals surface area contributed by atoms with E-state index < -0.39 is 0 Å². The summed E-state index contributed by atoms with van der Waals surface area (Å²) in [7, 11) is 0. The Morgan fingerprint density at radius 1 is 0.448 bits per heavy atom. The highest BCUT2D eigenvalue weighted by Gasteiger charge is 2.13. The number of benzene rings is 5. The summed E-state index contributed by atoms with van der Waals surface area (Å²) in [6, 6.07) is 34.6. The fourth-order valence-electron chi connectivity index (χ4n) is 3.63. The van der Waals surface area contributed by atoms with E-state index >= 15 is 0 Å². The summed E-state index contributed by atoms with van der Waals surface area (Å²) in [5, 5.41) is 4.45. The van der Waals surface area contributed by atoms with E-state index in [0.29, 0.717) is 5.75 Å². The van der Waals surface area contributed by atoms with Crippen molar-refractivity contribution in [2.24, 2.45) is 0 Å². The molecule has 0 N–H and O–H groups in total. The summed E-state index contributed by atoms with van der Waals surface area (Å²) in [5.41, 5.74) is 1.02. The Hall–Kier alpha value is -3.78. The van der Waals surface area contributed by atoms with Crippen molar-refractivity contribution in [1.82, 2.24) is 0 Å². The molecule has 0 atom stereocenters. The van der Waals surface area contributed by atoms with Crippen molar-refractivity contribution in [1.29, 1.82) is 0 Å². The zero-order valence-corrected chi connectivity index (χ0v) is 16.1. The average Bonchev–Trinajstić information content (AvgIpc) is 2.76. The molecule has 0 spiro atoms. The highest BCUT2D eigenvalue weighted by molar-refractivity contribution is 5.89. The van der Waals surface area contributed by atoms with Crippen LogP contribution in [0.2, 0.25) is 0 Å². The first-order valence-corrected chi connectivity index (χ1v) is 9.70. The Bertz CT molecular complexity index is 1310. The van der Waals surface area contributed by atoms with Crippen molar-refractivity contribution < 1.29 is 9.47 Å². The maximum absolute atomic E-state index is 6.41. The minimum absolute atomic E-state index is 0.703. The van der Waals surface area contributed by atoms with Crippen LogP contribution in [0.25, 0.3) is 21.5 Å². The molecule has 0 aliphatic rings. The Balaban J connectivity index is 1.58. The monoisotopic (exact) mass is 376 g/mol. The van der Waals surface area contributed by atoms with Crippen molar-refractivity contribution in [3.05, 3.63) is 109 Å². The van der Waals surface area contributed by atoms with Crippen molar-refractivity contribution in [2.45, 2.75) is 6.92 Å². The van der Waals surface area contributed by atoms with Crippen molar-refractivity contribution in [3.63, 3.8) is 0 Å². The molecule has 29 heavy (non-hydrogen) atoms. The van der Waals surface area contributed by atoms with Crippen LogP contribution in [0.1, 0.15) is 5.56 Å². The minimum Gasteiger partial charge on any atom is -0.453 e. The van der Waals surface area contributed by atoms with E-state index in [-0.39, 0.29) is 0 Å². The molecule has 0 aromatic heterocycles. The van der Waals surface area contributed by atoms with Crippen LogP contribution in [0.15, 0.2) is 103 Å². The normalized spacial score (nSPS) is 10.9. The molecule has 2 nitrogen and oxygen atoms in total. The van der Waals surface area contributed by atoms with Gasteiger partial charge < -0.3 is 9.47 Å². The molecule has 0 amide bonds. The number of hydrogen-bond acceptors (Lipinski definition) is 2. The topological polar surface area (TPSA) is 18.5 Å². The number of rotatable bonds is 4. The van der Waals surface area contributed by atoms with Crippen LogP contribution in [0.3, 0.4) is 0 Å². The molecule has 0 saturated carbocycles. The van der Waals surface area contributed by atoms with Gasteiger partial charge in [0.15, 0.2) is 11.5 Å². The first-order chi connectivity index (χ1) is 14.3. The molecule has 0 unspecified atom stereocenters. The van der Waals surface area contributed by atoms with Crippen LogP contribution in [0, 0.1) is 6.92 Å². The first kappa shape index (κ1) is 17.3. The van der Waals surface area contributed by atoms with Gasteiger partial charge in [-0.05, 0) is 41.5 Å². The third-order valence-electron chi connectivity index (χ3n) is 5.11. The predicted molar refractivity (Wildman–Crippen MR) is 119 cm³/mol. The van der Waals surface area contributed by atoms with Crippen LogP contribution in [-0.2, 0) is 0 Å². The van der Waals surface area contributed by atoms with Gasteiger partial charge >= 0.3 is 0 Å². The van der Waals surface area contributed by atoms with E-state index in [1.807, 2.05) is 73.7 Å². The molecule has 0 saturated heterocycles. The zero-order valence-electron chi connectivity index (χ0n) is 16.1. The second kappa shape index (κ2) is 7.33. The molecule has 140 valence electrons. The van der Waals surface area contributed by atoms with Gasteiger partial charge in [0.1, 0.15) is 11.5 Å². The summed E-state index contributed by atoms with van der Waals surface area (Å²) in [6.45, 7) is 2.04. The third kappa shape index (κ3) is 3.30. The van der Waals surface area contributed by atoms with Crippen LogP contribution < -0.4 is 9.47 Å². The molecule has 5 aromatic rings. The van der Waals surface area contributed by atoms with E-state index in [0.717, 1.165) is 44.4 Å². The zero-order chi connectivity index (χ0) is 19.6. The Morgan fingerprint density at radius 2 is 0.931 bits per heavy atom. The van der Waals surface area contributed by atoms with E-state index in [1.165, 1.54) is 0 Å². The number of aryl methyl sites for hydroxylation is 1. The van der Waals surface area contributed by atoms with Gasteiger partial charge in [-0.25, -0.2) is 0 Å². The van der Waals surface area contributed by atoms with Gasteiger partial charge in [-0.2, -0.15) is 0 Å². The van der Waals surface area contributed by atoms with Gasteiger partial charge in [0.2, 0.25) is 0 Å². The second-order valence-electron chi connectivity index (χ2n) is 7.06.